The van der Waals surface area contributed by atoms with Gasteiger partial charge in [-0.2, -0.15) is 5.10 Å². The third-order valence-electron chi connectivity index (χ3n) is 5.15. The quantitative estimate of drug-likeness (QED) is 0.803. The molecule has 0 aliphatic carbocycles. The van der Waals surface area contributed by atoms with Crippen LogP contribution in [0, 0.1) is 18.7 Å². The third-order valence-corrected chi connectivity index (χ3v) is 5.50. The summed E-state index contributed by atoms with van der Waals surface area (Å²) >= 11 is 6.47. The Morgan fingerprint density at radius 1 is 1.19 bits per heavy atom. The van der Waals surface area contributed by atoms with Crippen molar-refractivity contribution in [3.05, 3.63) is 46.5 Å². The van der Waals surface area contributed by atoms with Crippen LogP contribution in [-0.2, 0) is 9.47 Å². The van der Waals surface area contributed by atoms with Crippen LogP contribution in [0.1, 0.15) is 28.9 Å². The molecule has 144 valence electrons. The van der Waals surface area contributed by atoms with Crippen molar-refractivity contribution >= 4 is 17.5 Å². The first-order chi connectivity index (χ1) is 13.0. The number of rotatable bonds is 3. The van der Waals surface area contributed by atoms with Gasteiger partial charge >= 0.3 is 0 Å². The molecule has 2 fully saturated rings. The van der Waals surface area contributed by atoms with E-state index < -0.39 is 0 Å². The Labute approximate surface area is 161 Å². The molecular formula is C19H21ClFN3O3. The molecule has 0 N–H and O–H groups in total. The molecule has 0 bridgehead atoms. The van der Waals surface area contributed by atoms with Crippen molar-refractivity contribution in [2.45, 2.75) is 26.1 Å². The summed E-state index contributed by atoms with van der Waals surface area (Å²) in [6.45, 7) is 4.29. The summed E-state index contributed by atoms with van der Waals surface area (Å²) in [4.78, 5) is 14.8. The van der Waals surface area contributed by atoms with Gasteiger partial charge in [0.15, 0.2) is 6.29 Å². The van der Waals surface area contributed by atoms with E-state index in [1.54, 1.807) is 24.0 Å². The molecule has 2 aliphatic heterocycles. The minimum absolute atomic E-state index is 0.127. The Balaban J connectivity index is 1.50. The second-order valence-electron chi connectivity index (χ2n) is 6.88. The Bertz CT molecular complexity index is 825. The summed E-state index contributed by atoms with van der Waals surface area (Å²) in [6.07, 6.45) is 1.52. The summed E-state index contributed by atoms with van der Waals surface area (Å²) in [7, 11) is 0. The number of likely N-dealkylation sites (tertiary alicyclic amines) is 1. The van der Waals surface area contributed by atoms with Crippen LogP contribution in [0.2, 0.25) is 5.15 Å². The van der Waals surface area contributed by atoms with Crippen LogP contribution in [0.15, 0.2) is 24.3 Å². The molecule has 0 unspecified atom stereocenters. The van der Waals surface area contributed by atoms with Crippen molar-refractivity contribution in [2.24, 2.45) is 5.92 Å². The van der Waals surface area contributed by atoms with E-state index in [0.717, 1.165) is 12.8 Å². The zero-order chi connectivity index (χ0) is 19.0. The van der Waals surface area contributed by atoms with E-state index in [9.17, 15) is 9.18 Å². The number of amides is 1. The fraction of sp³-hybridized carbons (Fsp3) is 0.474. The summed E-state index contributed by atoms with van der Waals surface area (Å²) in [5.74, 6) is -0.152. The molecule has 8 heteroatoms. The van der Waals surface area contributed by atoms with E-state index >= 15 is 0 Å². The van der Waals surface area contributed by atoms with Gasteiger partial charge in [0.2, 0.25) is 0 Å². The van der Waals surface area contributed by atoms with E-state index in [2.05, 4.69) is 5.10 Å². The molecule has 1 aromatic carbocycles. The lowest BCUT2D eigenvalue weighted by atomic mass is 9.95. The molecule has 4 rings (SSSR count). The SMILES string of the molecule is Cc1nn(-c2ccc(F)cc2)c(Cl)c1C(=O)N1CCC(C2OCCO2)CC1. The number of carbonyl (C=O) groups is 1. The Hall–Kier alpha value is -1.96. The summed E-state index contributed by atoms with van der Waals surface area (Å²) in [5.41, 5.74) is 1.56. The van der Waals surface area contributed by atoms with Crippen LogP contribution in [-0.4, -0.2) is 53.2 Å². The number of hydrogen-bond donors (Lipinski definition) is 0. The van der Waals surface area contributed by atoms with E-state index in [1.807, 2.05) is 0 Å². The molecule has 0 atom stereocenters. The van der Waals surface area contributed by atoms with Crippen LogP contribution in [0.5, 0.6) is 0 Å². The zero-order valence-corrected chi connectivity index (χ0v) is 15.8. The Morgan fingerprint density at radius 3 is 2.44 bits per heavy atom. The highest BCUT2D eigenvalue weighted by Crippen LogP contribution is 2.29. The maximum Gasteiger partial charge on any atom is 0.258 e. The van der Waals surface area contributed by atoms with Crippen LogP contribution < -0.4 is 0 Å². The summed E-state index contributed by atoms with van der Waals surface area (Å²) < 4.78 is 25.8. The summed E-state index contributed by atoms with van der Waals surface area (Å²) in [5, 5.41) is 4.62. The van der Waals surface area contributed by atoms with E-state index in [0.29, 0.717) is 49.2 Å². The van der Waals surface area contributed by atoms with Gasteiger partial charge in [0.1, 0.15) is 11.0 Å². The number of aryl methyl sites for hydroxylation is 1. The first-order valence-corrected chi connectivity index (χ1v) is 9.46. The van der Waals surface area contributed by atoms with Crippen molar-refractivity contribution in [3.8, 4) is 5.69 Å². The molecular weight excluding hydrogens is 373 g/mol. The van der Waals surface area contributed by atoms with Crippen molar-refractivity contribution in [1.29, 1.82) is 0 Å². The topological polar surface area (TPSA) is 56.6 Å². The molecule has 2 aliphatic rings. The van der Waals surface area contributed by atoms with E-state index in [4.69, 9.17) is 21.1 Å². The van der Waals surface area contributed by atoms with E-state index in [1.165, 1.54) is 16.8 Å². The van der Waals surface area contributed by atoms with Gasteiger partial charge in [-0.25, -0.2) is 9.07 Å². The van der Waals surface area contributed by atoms with Gasteiger partial charge in [-0.05, 0) is 44.0 Å². The fourth-order valence-corrected chi connectivity index (χ4v) is 4.03. The number of ether oxygens (including phenoxy) is 2. The number of benzene rings is 1. The highest BCUT2D eigenvalue weighted by atomic mass is 35.5. The average molecular weight is 394 g/mol. The molecule has 0 radical (unpaired) electrons. The number of hydrogen-bond acceptors (Lipinski definition) is 4. The van der Waals surface area contributed by atoms with Gasteiger partial charge in [0, 0.05) is 19.0 Å². The van der Waals surface area contributed by atoms with Crippen LogP contribution in [0.4, 0.5) is 4.39 Å². The predicted molar refractivity (Wildman–Crippen MR) is 97.6 cm³/mol. The smallest absolute Gasteiger partial charge is 0.258 e. The normalized spacial score (nSPS) is 19.0. The van der Waals surface area contributed by atoms with Crippen molar-refractivity contribution in [2.75, 3.05) is 26.3 Å². The molecule has 2 saturated heterocycles. The number of piperidine rings is 1. The maximum absolute atomic E-state index is 13.2. The van der Waals surface area contributed by atoms with Gasteiger partial charge in [0.25, 0.3) is 5.91 Å². The molecule has 1 amide bonds. The lowest BCUT2D eigenvalue weighted by molar-refractivity contribution is -0.0956. The molecule has 3 heterocycles. The first-order valence-electron chi connectivity index (χ1n) is 9.08. The molecule has 6 nitrogen and oxygen atoms in total. The molecule has 0 saturated carbocycles. The molecule has 0 spiro atoms. The van der Waals surface area contributed by atoms with Crippen LogP contribution in [0.3, 0.4) is 0 Å². The van der Waals surface area contributed by atoms with Gasteiger partial charge in [0.05, 0.1) is 30.2 Å². The minimum atomic E-state index is -0.340. The van der Waals surface area contributed by atoms with Crippen LogP contribution >= 0.6 is 11.6 Å². The fourth-order valence-electron chi connectivity index (χ4n) is 3.68. The predicted octanol–water partition coefficient (Wildman–Crippen LogP) is 3.20. The minimum Gasteiger partial charge on any atom is -0.350 e. The van der Waals surface area contributed by atoms with Gasteiger partial charge in [-0.15, -0.1) is 0 Å². The first kappa shape index (κ1) is 18.4. The van der Waals surface area contributed by atoms with Crippen LogP contribution in [0.25, 0.3) is 5.69 Å². The Kier molecular flexibility index (Phi) is 5.16. The molecule has 27 heavy (non-hydrogen) atoms. The number of nitrogens with zero attached hydrogens (tertiary/aromatic N) is 3. The second kappa shape index (κ2) is 7.58. The van der Waals surface area contributed by atoms with Gasteiger partial charge in [-0.1, -0.05) is 11.6 Å². The highest BCUT2D eigenvalue weighted by molar-refractivity contribution is 6.33. The zero-order valence-electron chi connectivity index (χ0n) is 15.0. The van der Waals surface area contributed by atoms with Gasteiger partial charge < -0.3 is 14.4 Å². The van der Waals surface area contributed by atoms with Crippen molar-refractivity contribution < 1.29 is 18.7 Å². The Morgan fingerprint density at radius 2 is 1.81 bits per heavy atom. The van der Waals surface area contributed by atoms with Crippen molar-refractivity contribution in [1.82, 2.24) is 14.7 Å². The second-order valence-corrected chi connectivity index (χ2v) is 7.24. The number of carbonyl (C=O) groups excluding carboxylic acids is 1. The summed E-state index contributed by atoms with van der Waals surface area (Å²) in [6, 6.07) is 5.83. The standard InChI is InChI=1S/C19H21ClFN3O3/c1-12-16(17(20)24(22-12)15-4-2-14(21)3-5-15)18(25)23-8-6-13(7-9-23)19-26-10-11-27-19/h2-5,13,19H,6-11H2,1H3. The van der Waals surface area contributed by atoms with Crippen molar-refractivity contribution in [3.63, 3.8) is 0 Å². The molecule has 2 aromatic rings. The lowest BCUT2D eigenvalue weighted by Gasteiger charge is -2.33. The molecule has 1 aromatic heterocycles. The largest absolute Gasteiger partial charge is 0.350 e. The number of aromatic nitrogens is 2. The third kappa shape index (κ3) is 3.59. The average Bonchev–Trinajstić information content (AvgIpc) is 3.31. The highest BCUT2D eigenvalue weighted by Gasteiger charge is 2.33. The monoisotopic (exact) mass is 393 g/mol. The maximum atomic E-state index is 13.2. The lowest BCUT2D eigenvalue weighted by Crippen LogP contribution is -2.41. The van der Waals surface area contributed by atoms with E-state index in [-0.39, 0.29) is 23.2 Å². The van der Waals surface area contributed by atoms with Gasteiger partial charge in [-0.3, -0.25) is 4.79 Å². The number of halogens is 2.